The van der Waals surface area contributed by atoms with Crippen LogP contribution in [0.1, 0.15) is 37.0 Å². The van der Waals surface area contributed by atoms with Crippen molar-refractivity contribution in [2.75, 3.05) is 26.2 Å². The first-order valence-electron chi connectivity index (χ1n) is 8.58. The zero-order valence-corrected chi connectivity index (χ0v) is 14.7. The smallest absolute Gasteiger partial charge is 0.255 e. The van der Waals surface area contributed by atoms with Gasteiger partial charge in [0, 0.05) is 25.9 Å². The molecule has 4 nitrogen and oxygen atoms in total. The fourth-order valence-corrected chi connectivity index (χ4v) is 4.16. The molecule has 0 spiro atoms. The number of nitrogens with zero attached hydrogens (tertiary/aromatic N) is 1. The van der Waals surface area contributed by atoms with E-state index in [2.05, 4.69) is 13.8 Å². The number of hydrogen-bond acceptors (Lipinski definition) is 2. The summed E-state index contributed by atoms with van der Waals surface area (Å²) in [5.41, 5.74) is 0.619. The largest absolute Gasteiger partial charge is 0.364 e. The number of carbonyl (C=O) groups is 1. The lowest BCUT2D eigenvalue weighted by molar-refractivity contribution is -0.940. The molecule has 23 heavy (non-hydrogen) atoms. The molecule has 0 aromatic heterocycles. The van der Waals surface area contributed by atoms with Gasteiger partial charge < -0.3 is 14.5 Å². The molecule has 1 N–H and O–H groups in total. The summed E-state index contributed by atoms with van der Waals surface area (Å²) in [5, 5.41) is 0.543. The summed E-state index contributed by atoms with van der Waals surface area (Å²) in [6.07, 6.45) is 2.78. The van der Waals surface area contributed by atoms with E-state index in [1.54, 1.807) is 11.0 Å². The second-order valence-electron chi connectivity index (χ2n) is 6.87. The summed E-state index contributed by atoms with van der Waals surface area (Å²) in [6, 6.07) is 7.96. The van der Waals surface area contributed by atoms with Crippen LogP contribution in [-0.4, -0.2) is 55.2 Å². The number of nitrogens with one attached hydrogen (secondary N) is 1. The topological polar surface area (TPSA) is 34.0 Å². The Morgan fingerprint density at radius 2 is 1.78 bits per heavy atom. The Kier molecular flexibility index (Phi) is 5.24. The molecular weight excluding hydrogens is 312 g/mol. The molecule has 0 radical (unpaired) electrons. The Morgan fingerprint density at radius 1 is 1.17 bits per heavy atom. The quantitative estimate of drug-likeness (QED) is 0.890. The lowest BCUT2D eigenvalue weighted by Gasteiger charge is -2.41. The molecule has 126 valence electrons. The van der Waals surface area contributed by atoms with Crippen LogP contribution >= 0.6 is 11.6 Å². The van der Waals surface area contributed by atoms with Gasteiger partial charge in [-0.1, -0.05) is 23.7 Å². The SMILES string of the molecule is CC1C[NH+](C2CCN(C(=O)c3ccccc3Cl)CC2)CC(C)O1. The van der Waals surface area contributed by atoms with Crippen molar-refractivity contribution >= 4 is 17.5 Å². The van der Waals surface area contributed by atoms with Crippen LogP contribution in [-0.2, 0) is 4.74 Å². The zero-order valence-electron chi connectivity index (χ0n) is 13.9. The van der Waals surface area contributed by atoms with Crippen molar-refractivity contribution in [3.05, 3.63) is 34.9 Å². The molecule has 2 aliphatic heterocycles. The maximum atomic E-state index is 12.6. The van der Waals surface area contributed by atoms with Crippen molar-refractivity contribution in [3.63, 3.8) is 0 Å². The highest BCUT2D eigenvalue weighted by atomic mass is 35.5. The standard InChI is InChI=1S/C18H25ClN2O2/c1-13-11-21(12-14(2)23-13)15-7-9-20(10-8-15)18(22)16-5-3-4-6-17(16)19/h3-6,13-15H,7-12H2,1-2H3/p+1. The van der Waals surface area contributed by atoms with Crippen molar-refractivity contribution < 1.29 is 14.4 Å². The molecule has 0 aliphatic carbocycles. The van der Waals surface area contributed by atoms with Gasteiger partial charge in [-0.15, -0.1) is 0 Å². The Morgan fingerprint density at radius 3 is 2.39 bits per heavy atom. The van der Waals surface area contributed by atoms with Gasteiger partial charge in [0.2, 0.25) is 0 Å². The fraction of sp³-hybridized carbons (Fsp3) is 0.611. The van der Waals surface area contributed by atoms with E-state index in [1.165, 1.54) is 0 Å². The number of carbonyl (C=O) groups excluding carboxylic acids is 1. The van der Waals surface area contributed by atoms with E-state index in [1.807, 2.05) is 23.1 Å². The molecule has 1 aromatic rings. The highest BCUT2D eigenvalue weighted by Crippen LogP contribution is 2.19. The Labute approximate surface area is 143 Å². The summed E-state index contributed by atoms with van der Waals surface area (Å²) < 4.78 is 5.84. The van der Waals surface area contributed by atoms with Gasteiger partial charge in [-0.2, -0.15) is 0 Å². The normalized spacial score (nSPS) is 29.5. The molecule has 1 aromatic carbocycles. The van der Waals surface area contributed by atoms with E-state index in [4.69, 9.17) is 16.3 Å². The number of ether oxygens (including phenoxy) is 1. The molecular formula is C18H26ClN2O2+. The van der Waals surface area contributed by atoms with Crippen LogP contribution in [0.2, 0.25) is 5.02 Å². The molecule has 5 heteroatoms. The Balaban J connectivity index is 1.58. The van der Waals surface area contributed by atoms with Crippen LogP contribution in [0.5, 0.6) is 0 Å². The van der Waals surface area contributed by atoms with Crippen molar-refractivity contribution in [2.24, 2.45) is 0 Å². The second-order valence-corrected chi connectivity index (χ2v) is 7.28. The van der Waals surface area contributed by atoms with Gasteiger partial charge in [-0.3, -0.25) is 4.79 Å². The number of morpholine rings is 1. The third-order valence-electron chi connectivity index (χ3n) is 5.03. The predicted octanol–water partition coefficient (Wildman–Crippen LogP) is 1.64. The number of likely N-dealkylation sites (tertiary alicyclic amines) is 1. The second kappa shape index (κ2) is 7.20. The van der Waals surface area contributed by atoms with Crippen LogP contribution in [0.4, 0.5) is 0 Å². The average molecular weight is 338 g/mol. The number of rotatable bonds is 2. The van der Waals surface area contributed by atoms with Crippen molar-refractivity contribution in [1.82, 2.24) is 4.90 Å². The molecule has 0 bridgehead atoms. The summed E-state index contributed by atoms with van der Waals surface area (Å²) in [4.78, 5) is 16.2. The van der Waals surface area contributed by atoms with Gasteiger partial charge in [0.05, 0.1) is 16.6 Å². The van der Waals surface area contributed by atoms with Gasteiger partial charge in [-0.25, -0.2) is 0 Å². The summed E-state index contributed by atoms with van der Waals surface area (Å²) >= 11 is 6.16. The summed E-state index contributed by atoms with van der Waals surface area (Å²) in [7, 11) is 0. The van der Waals surface area contributed by atoms with Gasteiger partial charge in [-0.05, 0) is 26.0 Å². The minimum absolute atomic E-state index is 0.0627. The van der Waals surface area contributed by atoms with E-state index in [0.717, 1.165) is 39.0 Å². The van der Waals surface area contributed by atoms with Crippen LogP contribution in [0.15, 0.2) is 24.3 Å². The Hall–Kier alpha value is -1.10. The third kappa shape index (κ3) is 3.87. The molecule has 2 heterocycles. The molecule has 1 amide bonds. The molecule has 2 saturated heterocycles. The van der Waals surface area contributed by atoms with E-state index < -0.39 is 0 Å². The summed E-state index contributed by atoms with van der Waals surface area (Å²) in [5.74, 6) is 0.0627. The minimum atomic E-state index is 0.0627. The van der Waals surface area contributed by atoms with Crippen molar-refractivity contribution in [3.8, 4) is 0 Å². The van der Waals surface area contributed by atoms with Crippen molar-refractivity contribution in [1.29, 1.82) is 0 Å². The van der Waals surface area contributed by atoms with Crippen LogP contribution in [0, 0.1) is 0 Å². The number of piperidine rings is 1. The highest BCUT2D eigenvalue weighted by Gasteiger charge is 2.34. The molecule has 2 unspecified atom stereocenters. The first-order chi connectivity index (χ1) is 11.0. The van der Waals surface area contributed by atoms with Gasteiger partial charge >= 0.3 is 0 Å². The number of quaternary nitrogens is 1. The first kappa shape index (κ1) is 16.7. The van der Waals surface area contributed by atoms with Gasteiger partial charge in [0.1, 0.15) is 25.3 Å². The minimum Gasteiger partial charge on any atom is -0.364 e. The monoisotopic (exact) mass is 337 g/mol. The van der Waals surface area contributed by atoms with Gasteiger partial charge in [0.25, 0.3) is 5.91 Å². The lowest BCUT2D eigenvalue weighted by atomic mass is 10.0. The number of benzene rings is 1. The molecule has 2 atom stereocenters. The number of amides is 1. The van der Waals surface area contributed by atoms with Crippen LogP contribution in [0.25, 0.3) is 0 Å². The summed E-state index contributed by atoms with van der Waals surface area (Å²) in [6.45, 7) is 8.11. The van der Waals surface area contributed by atoms with E-state index in [0.29, 0.717) is 28.8 Å². The van der Waals surface area contributed by atoms with E-state index >= 15 is 0 Å². The zero-order chi connectivity index (χ0) is 16.4. The van der Waals surface area contributed by atoms with Gasteiger partial charge in [0.15, 0.2) is 0 Å². The number of halogens is 1. The Bertz CT molecular complexity index is 548. The maximum absolute atomic E-state index is 12.6. The number of hydrogen-bond donors (Lipinski definition) is 1. The first-order valence-corrected chi connectivity index (χ1v) is 8.96. The van der Waals surface area contributed by atoms with Crippen molar-refractivity contribution in [2.45, 2.75) is 44.9 Å². The van der Waals surface area contributed by atoms with Crippen LogP contribution < -0.4 is 4.90 Å². The highest BCUT2D eigenvalue weighted by molar-refractivity contribution is 6.33. The molecule has 3 rings (SSSR count). The molecule has 2 fully saturated rings. The lowest BCUT2D eigenvalue weighted by Crippen LogP contribution is -3.19. The van der Waals surface area contributed by atoms with Crippen LogP contribution in [0.3, 0.4) is 0 Å². The fourth-order valence-electron chi connectivity index (χ4n) is 3.94. The third-order valence-corrected chi connectivity index (χ3v) is 5.36. The average Bonchev–Trinajstić information content (AvgIpc) is 2.54. The van der Waals surface area contributed by atoms with E-state index in [9.17, 15) is 4.79 Å². The molecule has 2 aliphatic rings. The van der Waals surface area contributed by atoms with E-state index in [-0.39, 0.29) is 5.91 Å². The maximum Gasteiger partial charge on any atom is 0.255 e. The molecule has 0 saturated carbocycles. The predicted molar refractivity (Wildman–Crippen MR) is 91.1 cm³/mol.